The Morgan fingerprint density at radius 1 is 1.00 bits per heavy atom. The quantitative estimate of drug-likeness (QED) is 0.249. The van der Waals surface area contributed by atoms with E-state index in [0.29, 0.717) is 23.1 Å². The average molecular weight is 632 g/mol. The van der Waals surface area contributed by atoms with E-state index in [2.05, 4.69) is 13.8 Å². The third kappa shape index (κ3) is 7.00. The fraction of sp³-hybridized carbons (Fsp3) is 0.459. The van der Waals surface area contributed by atoms with Gasteiger partial charge in [0.25, 0.3) is 0 Å². The molecule has 0 saturated heterocycles. The SMILES string of the molecule is CC[C@@H](C)Oc1cc2c(cc1OC)CC(=O)N(c1ccc(C(C)N(CC)C(=O)[C@H]3CC[C@H](N)CC3)cc1)C2c1ccc(Cl)cc1. The summed E-state index contributed by atoms with van der Waals surface area (Å²) >= 11 is 6.28. The molecule has 2 aliphatic rings. The minimum Gasteiger partial charge on any atom is -0.493 e. The van der Waals surface area contributed by atoms with Gasteiger partial charge in [-0.25, -0.2) is 0 Å². The summed E-state index contributed by atoms with van der Waals surface area (Å²) < 4.78 is 12.0. The van der Waals surface area contributed by atoms with Crippen LogP contribution >= 0.6 is 11.6 Å². The molecule has 1 saturated carbocycles. The lowest BCUT2D eigenvalue weighted by molar-refractivity contribution is -0.138. The highest BCUT2D eigenvalue weighted by atomic mass is 35.5. The zero-order valence-corrected chi connectivity index (χ0v) is 27.8. The number of nitrogens with zero attached hydrogens (tertiary/aromatic N) is 2. The number of rotatable bonds is 10. The summed E-state index contributed by atoms with van der Waals surface area (Å²) in [5.41, 5.74) is 10.8. The van der Waals surface area contributed by atoms with Gasteiger partial charge in [0.2, 0.25) is 11.8 Å². The largest absolute Gasteiger partial charge is 0.493 e. The Kier molecular flexibility index (Phi) is 10.4. The van der Waals surface area contributed by atoms with E-state index < -0.39 is 6.04 Å². The third-order valence-corrected chi connectivity index (χ3v) is 9.80. The molecule has 1 fully saturated rings. The van der Waals surface area contributed by atoms with Crippen LogP contribution in [0.1, 0.15) is 94.1 Å². The highest BCUT2D eigenvalue weighted by molar-refractivity contribution is 6.30. The lowest BCUT2D eigenvalue weighted by atomic mass is 9.85. The number of amides is 2. The first kappa shape index (κ1) is 32.8. The number of methoxy groups -OCH3 is 1. The van der Waals surface area contributed by atoms with E-state index in [9.17, 15) is 9.59 Å². The molecule has 45 heavy (non-hydrogen) atoms. The number of anilines is 1. The number of benzene rings is 3. The van der Waals surface area contributed by atoms with Crippen LogP contribution in [0.3, 0.4) is 0 Å². The Morgan fingerprint density at radius 2 is 1.67 bits per heavy atom. The van der Waals surface area contributed by atoms with E-state index in [-0.39, 0.29) is 42.3 Å². The topological polar surface area (TPSA) is 85.1 Å². The summed E-state index contributed by atoms with van der Waals surface area (Å²) in [6.07, 6.45) is 4.60. The summed E-state index contributed by atoms with van der Waals surface area (Å²) in [5.74, 6) is 1.51. The van der Waals surface area contributed by atoms with Gasteiger partial charge in [-0.1, -0.05) is 42.8 Å². The van der Waals surface area contributed by atoms with Gasteiger partial charge in [-0.2, -0.15) is 0 Å². The Morgan fingerprint density at radius 3 is 2.27 bits per heavy atom. The fourth-order valence-corrected chi connectivity index (χ4v) is 6.82. The van der Waals surface area contributed by atoms with Crippen molar-refractivity contribution < 1.29 is 19.1 Å². The minimum atomic E-state index is -0.390. The second-order valence-electron chi connectivity index (χ2n) is 12.4. The van der Waals surface area contributed by atoms with Crippen LogP contribution in [0.5, 0.6) is 11.5 Å². The normalized spacial score (nSPS) is 21.1. The van der Waals surface area contributed by atoms with Gasteiger partial charge >= 0.3 is 0 Å². The number of fused-ring (bicyclic) bond motifs is 1. The number of ether oxygens (including phenoxy) is 2. The standard InChI is InChI=1S/C37H46ClN3O4/c1-6-23(3)45-34-22-32-28(20-33(34)44-5)21-35(42)41(36(32)26-8-14-29(38)15-9-26)31-18-12-25(13-19-31)24(4)40(7-2)37(43)27-10-16-30(39)17-11-27/h8-9,12-15,18-20,22-24,27,30,36H,6-7,10-11,16-17,21,39H2,1-5H3/t23-,24?,27-,30-,36?/m1/s1. The highest BCUT2D eigenvalue weighted by Crippen LogP contribution is 2.44. The van der Waals surface area contributed by atoms with E-state index in [1.807, 2.05) is 84.3 Å². The third-order valence-electron chi connectivity index (χ3n) is 9.54. The summed E-state index contributed by atoms with van der Waals surface area (Å²) in [7, 11) is 1.62. The number of carbonyl (C=O) groups is 2. The predicted molar refractivity (Wildman–Crippen MR) is 180 cm³/mol. The second-order valence-corrected chi connectivity index (χ2v) is 12.9. The smallest absolute Gasteiger partial charge is 0.232 e. The van der Waals surface area contributed by atoms with Gasteiger partial charge < -0.3 is 25.0 Å². The molecule has 3 atom stereocenters. The number of nitrogens with two attached hydrogens (primary N) is 1. The molecular formula is C37H46ClN3O4. The summed E-state index contributed by atoms with van der Waals surface area (Å²) in [6.45, 7) is 8.86. The van der Waals surface area contributed by atoms with Crippen LogP contribution in [0.15, 0.2) is 60.7 Å². The Bertz CT molecular complexity index is 1480. The van der Waals surface area contributed by atoms with Gasteiger partial charge in [0, 0.05) is 29.2 Å². The van der Waals surface area contributed by atoms with Crippen molar-refractivity contribution in [1.82, 2.24) is 4.90 Å². The van der Waals surface area contributed by atoms with Crippen molar-refractivity contribution in [3.8, 4) is 11.5 Å². The molecule has 0 spiro atoms. The summed E-state index contributed by atoms with van der Waals surface area (Å²) in [4.78, 5) is 31.3. The first-order valence-electron chi connectivity index (χ1n) is 16.3. The van der Waals surface area contributed by atoms with Gasteiger partial charge in [-0.3, -0.25) is 9.59 Å². The van der Waals surface area contributed by atoms with Crippen LogP contribution < -0.4 is 20.1 Å². The summed E-state index contributed by atoms with van der Waals surface area (Å²) in [5, 5.41) is 0.632. The maximum Gasteiger partial charge on any atom is 0.232 e. The molecule has 1 heterocycles. The molecule has 240 valence electrons. The van der Waals surface area contributed by atoms with Gasteiger partial charge in [0.05, 0.1) is 31.7 Å². The molecule has 0 radical (unpaired) electrons. The molecule has 2 amide bonds. The van der Waals surface area contributed by atoms with E-state index in [1.54, 1.807) is 7.11 Å². The maximum atomic E-state index is 13.9. The van der Waals surface area contributed by atoms with Crippen LogP contribution in [-0.2, 0) is 16.0 Å². The Balaban J connectivity index is 1.49. The van der Waals surface area contributed by atoms with Crippen molar-refractivity contribution in [3.63, 3.8) is 0 Å². The first-order chi connectivity index (χ1) is 21.6. The van der Waals surface area contributed by atoms with Gasteiger partial charge in [0.15, 0.2) is 11.5 Å². The fourth-order valence-electron chi connectivity index (χ4n) is 6.69. The van der Waals surface area contributed by atoms with Crippen molar-refractivity contribution in [1.29, 1.82) is 0 Å². The maximum absolute atomic E-state index is 13.9. The molecule has 8 heteroatoms. The molecule has 3 aromatic rings. The van der Waals surface area contributed by atoms with E-state index in [1.165, 1.54) is 0 Å². The van der Waals surface area contributed by atoms with Crippen LogP contribution in [0, 0.1) is 5.92 Å². The van der Waals surface area contributed by atoms with Crippen LogP contribution in [0.25, 0.3) is 0 Å². The average Bonchev–Trinajstić information content (AvgIpc) is 3.05. The minimum absolute atomic E-state index is 0.00653. The zero-order chi connectivity index (χ0) is 32.2. The molecule has 7 nitrogen and oxygen atoms in total. The Labute approximate surface area is 272 Å². The Hall–Kier alpha value is -3.55. The molecule has 3 aromatic carbocycles. The molecule has 2 unspecified atom stereocenters. The lowest BCUT2D eigenvalue weighted by Gasteiger charge is -2.38. The second kappa shape index (κ2) is 14.3. The van der Waals surface area contributed by atoms with Crippen LogP contribution in [0.4, 0.5) is 5.69 Å². The number of halogens is 1. The van der Waals surface area contributed by atoms with Crippen molar-refractivity contribution in [2.45, 2.75) is 90.4 Å². The molecule has 0 bridgehead atoms. The van der Waals surface area contributed by atoms with Crippen LogP contribution in [0.2, 0.25) is 5.02 Å². The first-order valence-corrected chi connectivity index (χ1v) is 16.6. The predicted octanol–water partition coefficient (Wildman–Crippen LogP) is 7.63. The van der Waals surface area contributed by atoms with E-state index in [0.717, 1.165) is 60.0 Å². The van der Waals surface area contributed by atoms with Crippen LogP contribution in [-0.4, -0.2) is 42.5 Å². The summed E-state index contributed by atoms with van der Waals surface area (Å²) in [6, 6.07) is 19.4. The molecular weight excluding hydrogens is 586 g/mol. The van der Waals surface area contributed by atoms with Gasteiger partial charge in [-0.05, 0) is 112 Å². The van der Waals surface area contributed by atoms with Crippen molar-refractivity contribution in [2.24, 2.45) is 11.7 Å². The van der Waals surface area contributed by atoms with Crippen molar-refractivity contribution >= 4 is 29.1 Å². The molecule has 1 aliphatic heterocycles. The van der Waals surface area contributed by atoms with Gasteiger partial charge in [0.1, 0.15) is 0 Å². The molecule has 0 aromatic heterocycles. The molecule has 5 rings (SSSR count). The van der Waals surface area contributed by atoms with Gasteiger partial charge in [-0.15, -0.1) is 0 Å². The number of hydrogen-bond acceptors (Lipinski definition) is 5. The monoisotopic (exact) mass is 631 g/mol. The number of carbonyl (C=O) groups excluding carboxylic acids is 2. The highest BCUT2D eigenvalue weighted by Gasteiger charge is 2.36. The van der Waals surface area contributed by atoms with Crippen molar-refractivity contribution in [3.05, 3.63) is 87.9 Å². The zero-order valence-electron chi connectivity index (χ0n) is 27.1. The number of hydrogen-bond donors (Lipinski definition) is 1. The molecule has 1 aliphatic carbocycles. The van der Waals surface area contributed by atoms with Crippen molar-refractivity contribution in [2.75, 3.05) is 18.6 Å². The lowest BCUT2D eigenvalue weighted by Crippen LogP contribution is -2.41. The molecule has 2 N–H and O–H groups in total. The van der Waals surface area contributed by atoms with E-state index in [4.69, 9.17) is 26.8 Å². The van der Waals surface area contributed by atoms with E-state index >= 15 is 0 Å².